The summed E-state index contributed by atoms with van der Waals surface area (Å²) in [4.78, 5) is 15.7. The number of benzene rings is 3. The molecule has 34 heavy (non-hydrogen) atoms. The zero-order chi connectivity index (χ0) is 23.7. The van der Waals surface area contributed by atoms with Crippen LogP contribution >= 0.6 is 11.8 Å². The van der Waals surface area contributed by atoms with Crippen molar-refractivity contribution in [2.45, 2.75) is 12.1 Å². The minimum atomic E-state index is -0.831. The highest BCUT2D eigenvalue weighted by molar-refractivity contribution is 7.99. The molecule has 0 aliphatic rings. The number of aryl methyl sites for hydroxylation is 1. The maximum atomic E-state index is 13.9. The summed E-state index contributed by atoms with van der Waals surface area (Å²) >= 11 is 1.13. The smallest absolute Gasteiger partial charge is 0.235 e. The Balaban J connectivity index is 1.48. The third-order valence-electron chi connectivity index (χ3n) is 5.28. The van der Waals surface area contributed by atoms with Gasteiger partial charge in [0.15, 0.2) is 11.0 Å². The predicted molar refractivity (Wildman–Crippen MR) is 129 cm³/mol. The fourth-order valence-corrected chi connectivity index (χ4v) is 4.47. The molecule has 0 radical (unpaired) electrons. The van der Waals surface area contributed by atoms with E-state index in [0.29, 0.717) is 11.0 Å². The third-order valence-corrected chi connectivity index (χ3v) is 6.21. The van der Waals surface area contributed by atoms with Gasteiger partial charge in [0, 0.05) is 28.4 Å². The van der Waals surface area contributed by atoms with Gasteiger partial charge in [-0.25, -0.2) is 8.78 Å². The molecule has 0 aliphatic carbocycles. The summed E-state index contributed by atoms with van der Waals surface area (Å²) < 4.78 is 29.7. The molecular formula is C25H19F2N5OS. The Labute approximate surface area is 198 Å². The van der Waals surface area contributed by atoms with Crippen molar-refractivity contribution in [2.24, 2.45) is 0 Å². The van der Waals surface area contributed by atoms with Gasteiger partial charge in [0.25, 0.3) is 0 Å². The predicted octanol–water partition coefficient (Wildman–Crippen LogP) is 5.73. The SMILES string of the molecule is Cc1cccc(-n2c(SCC(=O)Nc3c(F)cccc3F)nnc2-c2c[nH]c3ccccc23)c1. The monoisotopic (exact) mass is 475 g/mol. The first-order chi connectivity index (χ1) is 16.5. The van der Waals surface area contributed by atoms with Crippen molar-refractivity contribution < 1.29 is 13.6 Å². The maximum absolute atomic E-state index is 13.9. The maximum Gasteiger partial charge on any atom is 0.235 e. The summed E-state index contributed by atoms with van der Waals surface area (Å²) in [6.07, 6.45) is 1.88. The van der Waals surface area contributed by atoms with Crippen molar-refractivity contribution in [3.63, 3.8) is 0 Å². The van der Waals surface area contributed by atoms with Crippen molar-refractivity contribution in [2.75, 3.05) is 11.1 Å². The van der Waals surface area contributed by atoms with Crippen molar-refractivity contribution in [1.29, 1.82) is 0 Å². The average molecular weight is 476 g/mol. The quantitative estimate of drug-likeness (QED) is 0.308. The molecule has 0 fully saturated rings. The second-order valence-electron chi connectivity index (χ2n) is 7.66. The zero-order valence-electron chi connectivity index (χ0n) is 18.0. The Morgan fingerprint density at radius 3 is 2.59 bits per heavy atom. The number of anilines is 1. The highest BCUT2D eigenvalue weighted by Crippen LogP contribution is 2.32. The van der Waals surface area contributed by atoms with Crippen LogP contribution in [0.2, 0.25) is 0 Å². The molecule has 2 heterocycles. The number of nitrogens with one attached hydrogen (secondary N) is 2. The van der Waals surface area contributed by atoms with Crippen LogP contribution in [0.15, 0.2) is 78.1 Å². The van der Waals surface area contributed by atoms with Gasteiger partial charge in [-0.3, -0.25) is 9.36 Å². The van der Waals surface area contributed by atoms with E-state index < -0.39 is 23.2 Å². The molecule has 0 aliphatic heterocycles. The van der Waals surface area contributed by atoms with Gasteiger partial charge in [0.1, 0.15) is 17.3 Å². The van der Waals surface area contributed by atoms with E-state index in [9.17, 15) is 13.6 Å². The second-order valence-corrected chi connectivity index (χ2v) is 8.60. The molecule has 0 spiro atoms. The Bertz CT molecular complexity index is 1490. The Morgan fingerprint density at radius 2 is 1.79 bits per heavy atom. The number of amides is 1. The Morgan fingerprint density at radius 1 is 1.03 bits per heavy atom. The number of carbonyl (C=O) groups excluding carboxylic acids is 1. The summed E-state index contributed by atoms with van der Waals surface area (Å²) in [7, 11) is 0. The molecule has 5 rings (SSSR count). The van der Waals surface area contributed by atoms with E-state index >= 15 is 0 Å². The van der Waals surface area contributed by atoms with E-state index in [1.165, 1.54) is 6.07 Å². The molecule has 0 atom stereocenters. The molecule has 5 aromatic rings. The van der Waals surface area contributed by atoms with Gasteiger partial charge in [-0.15, -0.1) is 10.2 Å². The normalized spacial score (nSPS) is 11.1. The average Bonchev–Trinajstić information content (AvgIpc) is 3.44. The van der Waals surface area contributed by atoms with E-state index in [2.05, 4.69) is 20.5 Å². The first-order valence-electron chi connectivity index (χ1n) is 10.5. The van der Waals surface area contributed by atoms with Crippen LogP contribution in [0.1, 0.15) is 5.56 Å². The van der Waals surface area contributed by atoms with Crippen molar-refractivity contribution in [3.05, 3.63) is 90.1 Å². The van der Waals surface area contributed by atoms with Gasteiger partial charge in [-0.05, 0) is 42.8 Å². The van der Waals surface area contributed by atoms with E-state index in [1.54, 1.807) is 0 Å². The molecule has 0 saturated carbocycles. The minimum absolute atomic E-state index is 0.106. The largest absolute Gasteiger partial charge is 0.360 e. The van der Waals surface area contributed by atoms with Crippen LogP contribution in [-0.2, 0) is 4.79 Å². The molecule has 2 aromatic heterocycles. The number of hydrogen-bond donors (Lipinski definition) is 2. The van der Waals surface area contributed by atoms with Crippen LogP contribution in [0.3, 0.4) is 0 Å². The van der Waals surface area contributed by atoms with Crippen LogP contribution < -0.4 is 5.32 Å². The van der Waals surface area contributed by atoms with Gasteiger partial charge in [0.2, 0.25) is 5.91 Å². The van der Waals surface area contributed by atoms with E-state index in [4.69, 9.17) is 0 Å². The number of rotatable bonds is 6. The van der Waals surface area contributed by atoms with Gasteiger partial charge < -0.3 is 10.3 Å². The second kappa shape index (κ2) is 9.11. The number of fused-ring (bicyclic) bond motifs is 1. The van der Waals surface area contributed by atoms with Gasteiger partial charge >= 0.3 is 0 Å². The highest BCUT2D eigenvalue weighted by atomic mass is 32.2. The van der Waals surface area contributed by atoms with Gasteiger partial charge in [-0.1, -0.05) is 48.2 Å². The molecule has 2 N–H and O–H groups in total. The number of H-pyrrole nitrogens is 1. The van der Waals surface area contributed by atoms with Crippen molar-refractivity contribution >= 4 is 34.3 Å². The van der Waals surface area contributed by atoms with Crippen LogP contribution in [0.4, 0.5) is 14.5 Å². The molecule has 170 valence electrons. The fraction of sp³-hybridized carbons (Fsp3) is 0.0800. The summed E-state index contributed by atoms with van der Waals surface area (Å²) in [6, 6.07) is 19.2. The van der Waals surface area contributed by atoms with Gasteiger partial charge in [0.05, 0.1) is 5.75 Å². The number of nitrogens with zero attached hydrogens (tertiary/aromatic N) is 3. The Hall–Kier alpha value is -3.98. The molecule has 1 amide bonds. The zero-order valence-corrected chi connectivity index (χ0v) is 18.9. The summed E-state index contributed by atoms with van der Waals surface area (Å²) in [5, 5.41) is 12.5. The van der Waals surface area contributed by atoms with Gasteiger partial charge in [-0.2, -0.15) is 0 Å². The number of carbonyl (C=O) groups is 1. The van der Waals surface area contributed by atoms with Crippen molar-refractivity contribution in [3.8, 4) is 17.1 Å². The fourth-order valence-electron chi connectivity index (χ4n) is 3.72. The van der Waals surface area contributed by atoms with E-state index in [1.807, 2.05) is 66.2 Å². The summed E-state index contributed by atoms with van der Waals surface area (Å²) in [6.45, 7) is 1.99. The standard InChI is InChI=1S/C25H19F2N5OS/c1-15-6-4-7-16(12-15)32-24(18-13-28-21-11-3-2-8-17(18)21)30-31-25(32)34-14-22(33)29-23-19(26)9-5-10-20(23)27/h2-13,28H,14H2,1H3,(H,29,33). The molecule has 0 saturated heterocycles. The first-order valence-corrected chi connectivity index (χ1v) is 11.5. The number of halogens is 2. The topological polar surface area (TPSA) is 75.6 Å². The lowest BCUT2D eigenvalue weighted by Crippen LogP contribution is -2.16. The number of thioether (sulfide) groups is 1. The summed E-state index contributed by atoms with van der Waals surface area (Å²) in [5.41, 5.74) is 3.27. The molecule has 9 heteroatoms. The number of para-hydroxylation sites is 2. The van der Waals surface area contributed by atoms with Crippen LogP contribution in [-0.4, -0.2) is 31.4 Å². The van der Waals surface area contributed by atoms with Crippen molar-refractivity contribution in [1.82, 2.24) is 19.7 Å². The third kappa shape index (κ3) is 4.17. The lowest BCUT2D eigenvalue weighted by molar-refractivity contribution is -0.113. The lowest BCUT2D eigenvalue weighted by Gasteiger charge is -2.11. The molecule has 6 nitrogen and oxygen atoms in total. The lowest BCUT2D eigenvalue weighted by atomic mass is 10.1. The summed E-state index contributed by atoms with van der Waals surface area (Å²) in [5.74, 6) is -1.70. The molecule has 0 bridgehead atoms. The molecule has 0 unspecified atom stereocenters. The first kappa shape index (κ1) is 21.8. The van der Waals surface area contributed by atoms with Crippen LogP contribution in [0.25, 0.3) is 28.0 Å². The van der Waals surface area contributed by atoms with Crippen LogP contribution in [0, 0.1) is 18.6 Å². The number of aromatic amines is 1. The number of aromatic nitrogens is 4. The van der Waals surface area contributed by atoms with E-state index in [0.717, 1.165) is 51.6 Å². The minimum Gasteiger partial charge on any atom is -0.360 e. The van der Waals surface area contributed by atoms with E-state index in [-0.39, 0.29) is 5.75 Å². The number of hydrogen-bond acceptors (Lipinski definition) is 4. The van der Waals surface area contributed by atoms with Crippen LogP contribution in [0.5, 0.6) is 0 Å². The highest BCUT2D eigenvalue weighted by Gasteiger charge is 2.20. The molecular weight excluding hydrogens is 456 g/mol. The Kier molecular flexibility index (Phi) is 5.85. The molecule has 3 aromatic carbocycles.